The van der Waals surface area contributed by atoms with E-state index >= 15 is 0 Å². The van der Waals surface area contributed by atoms with E-state index in [1.807, 2.05) is 20.0 Å². The molecule has 0 aromatic carbocycles. The zero-order valence-corrected chi connectivity index (χ0v) is 11.8. The number of hydrogen-bond donors (Lipinski definition) is 1. The van der Waals surface area contributed by atoms with E-state index in [2.05, 4.69) is 19.9 Å². The summed E-state index contributed by atoms with van der Waals surface area (Å²) in [5.41, 5.74) is 1.56. The maximum absolute atomic E-state index is 12.1. The molecule has 0 spiro atoms. The van der Waals surface area contributed by atoms with Gasteiger partial charge in [-0.25, -0.2) is 9.97 Å². The molecule has 0 bridgehead atoms. The number of fused-ring (bicyclic) bond motifs is 1. The van der Waals surface area contributed by atoms with Crippen LogP contribution in [-0.4, -0.2) is 26.5 Å². The van der Waals surface area contributed by atoms with Gasteiger partial charge >= 0.3 is 0 Å². The lowest BCUT2D eigenvalue weighted by molar-refractivity contribution is 0.0923. The summed E-state index contributed by atoms with van der Waals surface area (Å²) in [7, 11) is 0. The van der Waals surface area contributed by atoms with Crippen LogP contribution in [0.25, 0.3) is 0 Å². The van der Waals surface area contributed by atoms with Crippen LogP contribution in [0.5, 0.6) is 0 Å². The molecule has 19 heavy (non-hydrogen) atoms. The number of hydrogen-bond acceptors (Lipinski definition) is 4. The molecule has 1 aliphatic heterocycles. The molecule has 1 aliphatic rings. The maximum atomic E-state index is 12.1. The predicted octanol–water partition coefficient (Wildman–Crippen LogP) is 1.70. The van der Waals surface area contributed by atoms with Crippen LogP contribution >= 0.6 is 11.3 Å². The zero-order chi connectivity index (χ0) is 13.4. The quantitative estimate of drug-likeness (QED) is 0.908. The van der Waals surface area contributed by atoms with Crippen molar-refractivity contribution < 1.29 is 4.79 Å². The first-order valence-electron chi connectivity index (χ1n) is 6.37. The highest BCUT2D eigenvalue weighted by Gasteiger charge is 2.22. The van der Waals surface area contributed by atoms with Gasteiger partial charge in [0.2, 0.25) is 0 Å². The standard InChI is InChI=1S/C13H16N4OS/c1-8-5-17-6-10(3-4-12(17)14-8)16-13(18)11-7-19-9(2)15-11/h5,7,10H,3-4,6H2,1-2H3,(H,16,18). The number of aromatic nitrogens is 3. The summed E-state index contributed by atoms with van der Waals surface area (Å²) in [4.78, 5) is 20.7. The van der Waals surface area contributed by atoms with Crippen molar-refractivity contribution in [1.29, 1.82) is 0 Å². The maximum Gasteiger partial charge on any atom is 0.271 e. The van der Waals surface area contributed by atoms with Gasteiger partial charge in [-0.15, -0.1) is 11.3 Å². The Morgan fingerprint density at radius 1 is 1.47 bits per heavy atom. The van der Waals surface area contributed by atoms with Crippen molar-refractivity contribution in [2.24, 2.45) is 0 Å². The average Bonchev–Trinajstić information content (AvgIpc) is 2.93. The molecular weight excluding hydrogens is 260 g/mol. The van der Waals surface area contributed by atoms with Crippen molar-refractivity contribution in [2.45, 2.75) is 39.3 Å². The lowest BCUT2D eigenvalue weighted by Crippen LogP contribution is -2.41. The van der Waals surface area contributed by atoms with Gasteiger partial charge in [0.05, 0.1) is 10.7 Å². The zero-order valence-electron chi connectivity index (χ0n) is 11.0. The Morgan fingerprint density at radius 2 is 2.32 bits per heavy atom. The van der Waals surface area contributed by atoms with Crippen molar-refractivity contribution in [3.05, 3.63) is 33.8 Å². The molecule has 2 aromatic rings. The van der Waals surface area contributed by atoms with E-state index in [9.17, 15) is 4.79 Å². The fraction of sp³-hybridized carbons (Fsp3) is 0.462. The topological polar surface area (TPSA) is 59.8 Å². The van der Waals surface area contributed by atoms with Crippen molar-refractivity contribution in [1.82, 2.24) is 19.9 Å². The average molecular weight is 276 g/mol. The van der Waals surface area contributed by atoms with E-state index in [0.29, 0.717) is 5.69 Å². The molecular formula is C13H16N4OS. The second-order valence-corrected chi connectivity index (χ2v) is 5.97. The van der Waals surface area contributed by atoms with E-state index in [1.54, 1.807) is 5.38 Å². The first kappa shape index (κ1) is 12.3. The Morgan fingerprint density at radius 3 is 3.05 bits per heavy atom. The largest absolute Gasteiger partial charge is 0.346 e. The summed E-state index contributed by atoms with van der Waals surface area (Å²) in [6.45, 7) is 4.70. The number of aryl methyl sites for hydroxylation is 3. The Bertz CT molecular complexity index is 616. The highest BCUT2D eigenvalue weighted by Crippen LogP contribution is 2.16. The van der Waals surface area contributed by atoms with E-state index in [4.69, 9.17) is 0 Å². The molecule has 1 unspecified atom stereocenters. The monoisotopic (exact) mass is 276 g/mol. The minimum Gasteiger partial charge on any atom is -0.346 e. The van der Waals surface area contributed by atoms with Gasteiger partial charge in [-0.05, 0) is 20.3 Å². The van der Waals surface area contributed by atoms with Gasteiger partial charge < -0.3 is 9.88 Å². The van der Waals surface area contributed by atoms with Crippen LogP contribution in [0.2, 0.25) is 0 Å². The second-order valence-electron chi connectivity index (χ2n) is 4.91. The predicted molar refractivity (Wildman–Crippen MR) is 73.4 cm³/mol. The van der Waals surface area contributed by atoms with Crippen molar-refractivity contribution in [3.63, 3.8) is 0 Å². The first-order chi connectivity index (χ1) is 9.11. The summed E-state index contributed by atoms with van der Waals surface area (Å²) in [5, 5.41) is 5.78. The van der Waals surface area contributed by atoms with Gasteiger partial charge in [0.15, 0.2) is 0 Å². The minimum atomic E-state index is -0.0744. The summed E-state index contributed by atoms with van der Waals surface area (Å²) < 4.78 is 2.13. The van der Waals surface area contributed by atoms with Crippen molar-refractivity contribution in [3.8, 4) is 0 Å². The summed E-state index contributed by atoms with van der Waals surface area (Å²) in [6.07, 6.45) is 3.89. The Hall–Kier alpha value is -1.69. The summed E-state index contributed by atoms with van der Waals surface area (Å²) >= 11 is 1.50. The number of carbonyl (C=O) groups is 1. The van der Waals surface area contributed by atoms with Crippen LogP contribution < -0.4 is 5.32 Å². The molecule has 0 aliphatic carbocycles. The van der Waals surface area contributed by atoms with Gasteiger partial charge in [0, 0.05) is 30.6 Å². The molecule has 0 saturated heterocycles. The number of carbonyl (C=O) groups excluding carboxylic acids is 1. The van der Waals surface area contributed by atoms with Gasteiger partial charge in [-0.1, -0.05) is 0 Å². The van der Waals surface area contributed by atoms with Gasteiger partial charge in [0.1, 0.15) is 11.5 Å². The smallest absolute Gasteiger partial charge is 0.271 e. The molecule has 5 nitrogen and oxygen atoms in total. The Kier molecular flexibility index (Phi) is 3.10. The molecule has 3 rings (SSSR count). The fourth-order valence-electron chi connectivity index (χ4n) is 2.43. The Balaban J connectivity index is 1.67. The lowest BCUT2D eigenvalue weighted by Gasteiger charge is -2.24. The fourth-order valence-corrected chi connectivity index (χ4v) is 3.02. The number of thiazole rings is 1. The molecule has 100 valence electrons. The summed E-state index contributed by atoms with van der Waals surface area (Å²) in [6, 6.07) is 0.163. The number of rotatable bonds is 2. The van der Waals surface area contributed by atoms with Crippen LogP contribution in [-0.2, 0) is 13.0 Å². The van der Waals surface area contributed by atoms with Crippen LogP contribution in [0, 0.1) is 13.8 Å². The molecule has 1 amide bonds. The lowest BCUT2D eigenvalue weighted by atomic mass is 10.1. The van der Waals surface area contributed by atoms with Gasteiger partial charge in [0.25, 0.3) is 5.91 Å². The molecule has 6 heteroatoms. The number of imidazole rings is 1. The normalized spacial score (nSPS) is 18.1. The molecule has 0 radical (unpaired) electrons. The third-order valence-corrected chi connectivity index (χ3v) is 4.07. The first-order valence-corrected chi connectivity index (χ1v) is 7.25. The van der Waals surface area contributed by atoms with E-state index in [1.165, 1.54) is 11.3 Å². The molecule has 0 saturated carbocycles. The van der Waals surface area contributed by atoms with E-state index < -0.39 is 0 Å². The Labute approximate surface area is 115 Å². The minimum absolute atomic E-state index is 0.0744. The van der Waals surface area contributed by atoms with Gasteiger partial charge in [-0.2, -0.15) is 0 Å². The summed E-state index contributed by atoms with van der Waals surface area (Å²) in [5.74, 6) is 1.04. The molecule has 3 heterocycles. The SMILES string of the molecule is Cc1cn2c(n1)CCC(NC(=O)c1csc(C)n1)C2. The number of nitrogens with zero attached hydrogens (tertiary/aromatic N) is 3. The molecule has 2 aromatic heterocycles. The highest BCUT2D eigenvalue weighted by molar-refractivity contribution is 7.09. The van der Waals surface area contributed by atoms with Crippen molar-refractivity contribution >= 4 is 17.2 Å². The van der Waals surface area contributed by atoms with Crippen LogP contribution in [0.1, 0.15) is 33.4 Å². The van der Waals surface area contributed by atoms with Crippen LogP contribution in [0.3, 0.4) is 0 Å². The molecule has 1 atom stereocenters. The second kappa shape index (κ2) is 4.77. The highest BCUT2D eigenvalue weighted by atomic mass is 32.1. The van der Waals surface area contributed by atoms with Crippen molar-refractivity contribution in [2.75, 3.05) is 0 Å². The van der Waals surface area contributed by atoms with E-state index in [-0.39, 0.29) is 11.9 Å². The molecule has 1 N–H and O–H groups in total. The van der Waals surface area contributed by atoms with Gasteiger partial charge in [-0.3, -0.25) is 4.79 Å². The van der Waals surface area contributed by atoms with E-state index in [0.717, 1.165) is 35.9 Å². The number of amides is 1. The van der Waals surface area contributed by atoms with Crippen LogP contribution in [0.4, 0.5) is 0 Å². The molecule has 0 fully saturated rings. The number of nitrogens with one attached hydrogen (secondary N) is 1. The van der Waals surface area contributed by atoms with Crippen LogP contribution in [0.15, 0.2) is 11.6 Å². The third kappa shape index (κ3) is 2.53. The third-order valence-electron chi connectivity index (χ3n) is 3.30.